The Labute approximate surface area is 122 Å². The summed E-state index contributed by atoms with van der Waals surface area (Å²) >= 11 is 0. The second-order valence-corrected chi connectivity index (χ2v) is 5.64. The SMILES string of the molecule is COc1ccc(OC)c(C(C)N2CC(C)NCC2C)c1. The first-order valence-electron chi connectivity index (χ1n) is 7.27. The van der Waals surface area contributed by atoms with Crippen molar-refractivity contribution in [3.05, 3.63) is 23.8 Å². The predicted molar refractivity (Wildman–Crippen MR) is 81.6 cm³/mol. The molecular formula is C16H26N2O2. The number of ether oxygens (including phenoxy) is 2. The molecule has 0 bridgehead atoms. The van der Waals surface area contributed by atoms with Crippen LogP contribution in [0.3, 0.4) is 0 Å². The Morgan fingerprint density at radius 1 is 1.25 bits per heavy atom. The first-order chi connectivity index (χ1) is 9.56. The Bertz CT molecular complexity index is 450. The van der Waals surface area contributed by atoms with E-state index in [1.807, 2.05) is 12.1 Å². The Hall–Kier alpha value is -1.26. The van der Waals surface area contributed by atoms with Crippen LogP contribution >= 0.6 is 0 Å². The average molecular weight is 278 g/mol. The van der Waals surface area contributed by atoms with Crippen LogP contribution in [-0.4, -0.2) is 44.3 Å². The minimum absolute atomic E-state index is 0.305. The van der Waals surface area contributed by atoms with E-state index in [2.05, 4.69) is 37.1 Å². The van der Waals surface area contributed by atoms with Gasteiger partial charge in [-0.3, -0.25) is 4.90 Å². The first-order valence-corrected chi connectivity index (χ1v) is 7.27. The van der Waals surface area contributed by atoms with Crippen molar-refractivity contribution in [2.75, 3.05) is 27.3 Å². The largest absolute Gasteiger partial charge is 0.497 e. The fourth-order valence-electron chi connectivity index (χ4n) is 2.93. The molecule has 1 aliphatic rings. The summed E-state index contributed by atoms with van der Waals surface area (Å²) in [4.78, 5) is 2.53. The number of nitrogens with zero attached hydrogens (tertiary/aromatic N) is 1. The van der Waals surface area contributed by atoms with Crippen molar-refractivity contribution in [3.8, 4) is 11.5 Å². The molecule has 1 N–H and O–H groups in total. The van der Waals surface area contributed by atoms with Gasteiger partial charge in [-0.2, -0.15) is 0 Å². The topological polar surface area (TPSA) is 33.7 Å². The van der Waals surface area contributed by atoms with E-state index in [-0.39, 0.29) is 0 Å². The number of hydrogen-bond acceptors (Lipinski definition) is 4. The van der Waals surface area contributed by atoms with Crippen LogP contribution in [0.5, 0.6) is 11.5 Å². The maximum absolute atomic E-state index is 5.52. The summed E-state index contributed by atoms with van der Waals surface area (Å²) in [6.45, 7) is 8.81. The van der Waals surface area contributed by atoms with Crippen molar-refractivity contribution in [1.29, 1.82) is 0 Å². The van der Waals surface area contributed by atoms with Gasteiger partial charge >= 0.3 is 0 Å². The summed E-state index contributed by atoms with van der Waals surface area (Å²) in [7, 11) is 3.42. The number of benzene rings is 1. The zero-order chi connectivity index (χ0) is 14.7. The third-order valence-corrected chi connectivity index (χ3v) is 4.20. The molecule has 1 saturated heterocycles. The van der Waals surface area contributed by atoms with Gasteiger partial charge in [0.25, 0.3) is 0 Å². The molecule has 0 aromatic heterocycles. The second kappa shape index (κ2) is 6.46. The molecule has 0 amide bonds. The van der Waals surface area contributed by atoms with Crippen molar-refractivity contribution in [2.24, 2.45) is 0 Å². The van der Waals surface area contributed by atoms with Crippen molar-refractivity contribution in [2.45, 2.75) is 38.9 Å². The molecule has 0 radical (unpaired) electrons. The zero-order valence-electron chi connectivity index (χ0n) is 13.1. The Morgan fingerprint density at radius 3 is 2.65 bits per heavy atom. The highest BCUT2D eigenvalue weighted by Crippen LogP contribution is 2.34. The van der Waals surface area contributed by atoms with E-state index >= 15 is 0 Å². The molecule has 1 fully saturated rings. The Kier molecular flexibility index (Phi) is 4.89. The molecular weight excluding hydrogens is 252 g/mol. The van der Waals surface area contributed by atoms with Crippen LogP contribution in [0.25, 0.3) is 0 Å². The summed E-state index contributed by atoms with van der Waals surface area (Å²) in [5, 5.41) is 3.52. The quantitative estimate of drug-likeness (QED) is 0.917. The maximum atomic E-state index is 5.52. The third kappa shape index (κ3) is 3.07. The summed E-state index contributed by atoms with van der Waals surface area (Å²) in [5.74, 6) is 1.81. The maximum Gasteiger partial charge on any atom is 0.123 e. The molecule has 1 aliphatic heterocycles. The number of hydrogen-bond donors (Lipinski definition) is 1. The third-order valence-electron chi connectivity index (χ3n) is 4.20. The lowest BCUT2D eigenvalue weighted by atomic mass is 10.0. The number of rotatable bonds is 4. The lowest BCUT2D eigenvalue weighted by molar-refractivity contribution is 0.102. The molecule has 3 unspecified atom stereocenters. The molecule has 3 atom stereocenters. The summed E-state index contributed by atoms with van der Waals surface area (Å²) in [6, 6.07) is 7.35. The number of nitrogens with one attached hydrogen (secondary N) is 1. The van der Waals surface area contributed by atoms with Gasteiger partial charge in [0.2, 0.25) is 0 Å². The fraction of sp³-hybridized carbons (Fsp3) is 0.625. The van der Waals surface area contributed by atoms with Crippen LogP contribution in [0.2, 0.25) is 0 Å². The van der Waals surface area contributed by atoms with Crippen molar-refractivity contribution >= 4 is 0 Å². The lowest BCUT2D eigenvalue weighted by Gasteiger charge is -2.41. The number of piperazine rings is 1. The summed E-state index contributed by atoms with van der Waals surface area (Å²) in [5.41, 5.74) is 1.19. The molecule has 1 aromatic carbocycles. The molecule has 1 aromatic rings. The number of methoxy groups -OCH3 is 2. The lowest BCUT2D eigenvalue weighted by Crippen LogP contribution is -2.54. The van der Waals surface area contributed by atoms with Crippen molar-refractivity contribution < 1.29 is 9.47 Å². The second-order valence-electron chi connectivity index (χ2n) is 5.64. The minimum atomic E-state index is 0.305. The molecule has 0 aliphatic carbocycles. The van der Waals surface area contributed by atoms with Crippen LogP contribution in [0, 0.1) is 0 Å². The van der Waals surface area contributed by atoms with E-state index in [9.17, 15) is 0 Å². The van der Waals surface area contributed by atoms with Gasteiger partial charge in [-0.05, 0) is 39.0 Å². The van der Waals surface area contributed by atoms with Gasteiger partial charge in [0.15, 0.2) is 0 Å². The fourth-order valence-corrected chi connectivity index (χ4v) is 2.93. The highest BCUT2D eigenvalue weighted by molar-refractivity contribution is 5.42. The van der Waals surface area contributed by atoms with E-state index in [1.54, 1.807) is 14.2 Å². The molecule has 0 saturated carbocycles. The zero-order valence-corrected chi connectivity index (χ0v) is 13.1. The molecule has 2 rings (SSSR count). The van der Waals surface area contributed by atoms with E-state index in [0.29, 0.717) is 18.1 Å². The van der Waals surface area contributed by atoms with Crippen molar-refractivity contribution in [1.82, 2.24) is 10.2 Å². The smallest absolute Gasteiger partial charge is 0.123 e. The van der Waals surface area contributed by atoms with Crippen LogP contribution in [0.4, 0.5) is 0 Å². The monoisotopic (exact) mass is 278 g/mol. The Morgan fingerprint density at radius 2 is 2.00 bits per heavy atom. The summed E-state index contributed by atoms with van der Waals surface area (Å²) in [6.07, 6.45) is 0. The van der Waals surface area contributed by atoms with Gasteiger partial charge in [0.05, 0.1) is 14.2 Å². The predicted octanol–water partition coefficient (Wildman–Crippen LogP) is 2.45. The van der Waals surface area contributed by atoms with Crippen LogP contribution in [0.1, 0.15) is 32.4 Å². The minimum Gasteiger partial charge on any atom is -0.497 e. The van der Waals surface area contributed by atoms with Crippen LogP contribution in [0.15, 0.2) is 18.2 Å². The summed E-state index contributed by atoms with van der Waals surface area (Å²) < 4.78 is 10.9. The van der Waals surface area contributed by atoms with E-state index in [0.717, 1.165) is 24.6 Å². The molecule has 20 heavy (non-hydrogen) atoms. The standard InChI is InChI=1S/C16H26N2O2/c1-11-10-18(12(2)9-17-11)13(3)15-8-14(19-4)6-7-16(15)20-5/h6-8,11-13,17H,9-10H2,1-5H3. The highest BCUT2D eigenvalue weighted by Gasteiger charge is 2.28. The highest BCUT2D eigenvalue weighted by atomic mass is 16.5. The molecule has 112 valence electrons. The van der Waals surface area contributed by atoms with Gasteiger partial charge in [-0.1, -0.05) is 0 Å². The van der Waals surface area contributed by atoms with Gasteiger partial charge in [-0.25, -0.2) is 0 Å². The van der Waals surface area contributed by atoms with Gasteiger partial charge in [0.1, 0.15) is 11.5 Å². The van der Waals surface area contributed by atoms with Gasteiger partial charge in [-0.15, -0.1) is 0 Å². The van der Waals surface area contributed by atoms with Gasteiger partial charge in [0, 0.05) is 36.8 Å². The van der Waals surface area contributed by atoms with E-state index in [4.69, 9.17) is 9.47 Å². The van der Waals surface area contributed by atoms with E-state index < -0.39 is 0 Å². The molecule has 4 nitrogen and oxygen atoms in total. The Balaban J connectivity index is 2.28. The van der Waals surface area contributed by atoms with Crippen LogP contribution in [-0.2, 0) is 0 Å². The molecule has 0 spiro atoms. The first kappa shape index (κ1) is 15.1. The molecule has 1 heterocycles. The van der Waals surface area contributed by atoms with Crippen LogP contribution < -0.4 is 14.8 Å². The average Bonchev–Trinajstić information content (AvgIpc) is 2.48. The normalized spacial score (nSPS) is 25.2. The molecule has 4 heteroatoms. The van der Waals surface area contributed by atoms with Gasteiger partial charge < -0.3 is 14.8 Å². The van der Waals surface area contributed by atoms with Crippen molar-refractivity contribution in [3.63, 3.8) is 0 Å². The van der Waals surface area contributed by atoms with E-state index in [1.165, 1.54) is 5.56 Å².